The van der Waals surface area contributed by atoms with Gasteiger partial charge in [-0.05, 0) is 32.0 Å². The molecule has 0 saturated heterocycles. The molecule has 6 nitrogen and oxygen atoms in total. The van der Waals surface area contributed by atoms with Crippen molar-refractivity contribution in [1.29, 1.82) is 0 Å². The van der Waals surface area contributed by atoms with E-state index in [-0.39, 0.29) is 11.1 Å². The first-order chi connectivity index (χ1) is 12.0. The first kappa shape index (κ1) is 17.0. The van der Waals surface area contributed by atoms with Crippen molar-refractivity contribution in [2.24, 2.45) is 0 Å². The lowest BCUT2D eigenvalue weighted by Gasteiger charge is -2.15. The molecule has 0 aliphatic rings. The van der Waals surface area contributed by atoms with Crippen LogP contribution in [0.5, 0.6) is 0 Å². The van der Waals surface area contributed by atoms with Gasteiger partial charge in [0.1, 0.15) is 18.0 Å². The molecule has 2 N–H and O–H groups in total. The van der Waals surface area contributed by atoms with Crippen LogP contribution in [0.3, 0.4) is 0 Å². The molecule has 0 amide bonds. The Labute approximate surface area is 149 Å². The summed E-state index contributed by atoms with van der Waals surface area (Å²) in [6.07, 6.45) is 6.55. The number of rotatable bonds is 5. The van der Waals surface area contributed by atoms with E-state index < -0.39 is 5.82 Å². The molecule has 3 aromatic rings. The Morgan fingerprint density at radius 1 is 1.12 bits per heavy atom. The summed E-state index contributed by atoms with van der Waals surface area (Å²) in [5.74, 6) is 0.539. The van der Waals surface area contributed by atoms with E-state index in [1.807, 2.05) is 13.8 Å². The van der Waals surface area contributed by atoms with E-state index in [0.717, 1.165) is 11.1 Å². The second kappa shape index (κ2) is 7.40. The number of halogens is 2. The fourth-order valence-electron chi connectivity index (χ4n) is 2.18. The van der Waals surface area contributed by atoms with Crippen molar-refractivity contribution in [3.8, 4) is 11.1 Å². The van der Waals surface area contributed by atoms with Crippen LogP contribution in [0.15, 0.2) is 43.1 Å². The lowest BCUT2D eigenvalue weighted by atomic mass is 10.1. The Morgan fingerprint density at radius 2 is 1.88 bits per heavy atom. The molecule has 2 aromatic heterocycles. The van der Waals surface area contributed by atoms with E-state index in [2.05, 4.69) is 30.6 Å². The molecule has 0 saturated carbocycles. The van der Waals surface area contributed by atoms with E-state index in [0.29, 0.717) is 17.5 Å². The fourth-order valence-corrected chi connectivity index (χ4v) is 2.36. The SMILES string of the molecule is CC(C)Nc1nc(Nc2ccc(F)c(Cl)c2)ncc1-c1cncnc1. The van der Waals surface area contributed by atoms with Gasteiger partial charge in [0, 0.05) is 41.4 Å². The number of nitrogens with zero attached hydrogens (tertiary/aromatic N) is 4. The molecule has 3 rings (SSSR count). The summed E-state index contributed by atoms with van der Waals surface area (Å²) in [6.45, 7) is 4.03. The van der Waals surface area contributed by atoms with Crippen molar-refractivity contribution in [1.82, 2.24) is 19.9 Å². The predicted octanol–water partition coefficient (Wildman–Crippen LogP) is 4.29. The zero-order valence-corrected chi connectivity index (χ0v) is 14.4. The Hall–Kier alpha value is -2.80. The van der Waals surface area contributed by atoms with E-state index in [1.54, 1.807) is 24.7 Å². The highest BCUT2D eigenvalue weighted by atomic mass is 35.5. The Bertz CT molecular complexity index is 872. The van der Waals surface area contributed by atoms with Crippen LogP contribution in [0.1, 0.15) is 13.8 Å². The highest BCUT2D eigenvalue weighted by Gasteiger charge is 2.12. The average Bonchev–Trinajstić information content (AvgIpc) is 2.59. The largest absolute Gasteiger partial charge is 0.367 e. The summed E-state index contributed by atoms with van der Waals surface area (Å²) in [6, 6.07) is 4.51. The highest BCUT2D eigenvalue weighted by molar-refractivity contribution is 6.31. The molecule has 0 radical (unpaired) electrons. The number of anilines is 3. The molecule has 8 heteroatoms. The molecule has 0 bridgehead atoms. The molecular formula is C17H16ClFN6. The smallest absolute Gasteiger partial charge is 0.229 e. The summed E-state index contributed by atoms with van der Waals surface area (Å²) in [4.78, 5) is 16.9. The third-order valence-corrected chi connectivity index (χ3v) is 3.55. The lowest BCUT2D eigenvalue weighted by molar-refractivity contribution is 0.628. The van der Waals surface area contributed by atoms with Crippen molar-refractivity contribution < 1.29 is 4.39 Å². The number of hydrogen-bond acceptors (Lipinski definition) is 6. The monoisotopic (exact) mass is 358 g/mol. The van der Waals surface area contributed by atoms with Crippen LogP contribution in [0.25, 0.3) is 11.1 Å². The van der Waals surface area contributed by atoms with E-state index in [9.17, 15) is 4.39 Å². The molecule has 128 valence electrons. The van der Waals surface area contributed by atoms with Crippen molar-refractivity contribution >= 4 is 29.1 Å². The van der Waals surface area contributed by atoms with Crippen molar-refractivity contribution in [2.45, 2.75) is 19.9 Å². The molecular weight excluding hydrogens is 343 g/mol. The Kier molecular flexibility index (Phi) is 5.04. The molecule has 0 aliphatic carbocycles. The van der Waals surface area contributed by atoms with Crippen molar-refractivity contribution in [3.63, 3.8) is 0 Å². The molecule has 0 aliphatic heterocycles. The van der Waals surface area contributed by atoms with E-state index >= 15 is 0 Å². The fraction of sp³-hybridized carbons (Fsp3) is 0.176. The Balaban J connectivity index is 1.94. The predicted molar refractivity (Wildman–Crippen MR) is 96.5 cm³/mol. The number of benzene rings is 1. The van der Waals surface area contributed by atoms with Gasteiger partial charge in [-0.2, -0.15) is 4.98 Å². The standard InChI is InChI=1S/C17H16ClFN6/c1-10(2)23-16-13(11-6-20-9-21-7-11)8-22-17(25-16)24-12-3-4-15(19)14(18)5-12/h3-10H,1-2H3,(H2,22,23,24,25). The quantitative estimate of drug-likeness (QED) is 0.708. The van der Waals surface area contributed by atoms with Gasteiger partial charge in [0.15, 0.2) is 0 Å². The van der Waals surface area contributed by atoms with Crippen LogP contribution < -0.4 is 10.6 Å². The summed E-state index contributed by atoms with van der Waals surface area (Å²) in [7, 11) is 0. The summed E-state index contributed by atoms with van der Waals surface area (Å²) >= 11 is 5.80. The lowest BCUT2D eigenvalue weighted by Crippen LogP contribution is -2.13. The third kappa shape index (κ3) is 4.19. The minimum absolute atomic E-state index is 0.0311. The molecule has 2 heterocycles. The van der Waals surface area contributed by atoms with Gasteiger partial charge in [-0.1, -0.05) is 11.6 Å². The van der Waals surface area contributed by atoms with Crippen molar-refractivity contribution in [2.75, 3.05) is 10.6 Å². The second-order valence-corrected chi connectivity index (χ2v) is 6.04. The highest BCUT2D eigenvalue weighted by Crippen LogP contribution is 2.27. The molecule has 0 atom stereocenters. The van der Waals surface area contributed by atoms with Crippen LogP contribution in [0.2, 0.25) is 5.02 Å². The molecule has 25 heavy (non-hydrogen) atoms. The molecule has 1 aromatic carbocycles. The van der Waals surface area contributed by atoms with Crippen LogP contribution in [-0.4, -0.2) is 26.0 Å². The van der Waals surface area contributed by atoms with Gasteiger partial charge in [-0.15, -0.1) is 0 Å². The number of nitrogens with one attached hydrogen (secondary N) is 2. The first-order valence-corrected chi connectivity index (χ1v) is 8.02. The summed E-state index contributed by atoms with van der Waals surface area (Å²) in [5, 5.41) is 6.34. The summed E-state index contributed by atoms with van der Waals surface area (Å²) < 4.78 is 13.3. The van der Waals surface area contributed by atoms with Gasteiger partial charge < -0.3 is 10.6 Å². The van der Waals surface area contributed by atoms with Crippen LogP contribution in [-0.2, 0) is 0 Å². The number of hydrogen-bond donors (Lipinski definition) is 2. The van der Waals surface area contributed by atoms with Gasteiger partial charge in [-0.3, -0.25) is 0 Å². The maximum atomic E-state index is 13.3. The van der Waals surface area contributed by atoms with Crippen LogP contribution in [0, 0.1) is 5.82 Å². The van der Waals surface area contributed by atoms with Crippen LogP contribution in [0.4, 0.5) is 21.8 Å². The molecule has 0 fully saturated rings. The van der Waals surface area contributed by atoms with E-state index in [1.165, 1.54) is 18.5 Å². The van der Waals surface area contributed by atoms with E-state index in [4.69, 9.17) is 11.6 Å². The maximum absolute atomic E-state index is 13.3. The molecule has 0 unspecified atom stereocenters. The topological polar surface area (TPSA) is 75.6 Å². The zero-order chi connectivity index (χ0) is 17.8. The minimum atomic E-state index is -0.477. The zero-order valence-electron chi connectivity index (χ0n) is 13.7. The van der Waals surface area contributed by atoms with Gasteiger partial charge in [0.25, 0.3) is 0 Å². The Morgan fingerprint density at radius 3 is 2.56 bits per heavy atom. The third-order valence-electron chi connectivity index (χ3n) is 3.26. The normalized spacial score (nSPS) is 10.8. The minimum Gasteiger partial charge on any atom is -0.367 e. The van der Waals surface area contributed by atoms with Crippen molar-refractivity contribution in [3.05, 3.63) is 54.0 Å². The van der Waals surface area contributed by atoms with Gasteiger partial charge in [0.2, 0.25) is 5.95 Å². The maximum Gasteiger partial charge on any atom is 0.229 e. The van der Waals surface area contributed by atoms with Crippen LogP contribution >= 0.6 is 11.6 Å². The summed E-state index contributed by atoms with van der Waals surface area (Å²) in [5.41, 5.74) is 2.19. The van der Waals surface area contributed by atoms with Gasteiger partial charge in [0.05, 0.1) is 5.02 Å². The van der Waals surface area contributed by atoms with Gasteiger partial charge in [-0.25, -0.2) is 19.3 Å². The second-order valence-electron chi connectivity index (χ2n) is 5.64. The van der Waals surface area contributed by atoms with Gasteiger partial charge >= 0.3 is 0 Å². The first-order valence-electron chi connectivity index (χ1n) is 7.64. The average molecular weight is 359 g/mol. The molecule has 0 spiro atoms. The number of aromatic nitrogens is 4.